The summed E-state index contributed by atoms with van der Waals surface area (Å²) in [7, 11) is 0. The van der Waals surface area contributed by atoms with Crippen molar-refractivity contribution in [2.45, 2.75) is 90.5 Å². The molecule has 0 spiro atoms. The highest BCUT2D eigenvalue weighted by Crippen LogP contribution is 2.48. The van der Waals surface area contributed by atoms with E-state index in [9.17, 15) is 14.3 Å². The third-order valence-electron chi connectivity index (χ3n) is 7.34. The van der Waals surface area contributed by atoms with E-state index >= 15 is 0 Å². The number of hydrogen-bond acceptors (Lipinski definition) is 4. The van der Waals surface area contributed by atoms with Crippen molar-refractivity contribution in [2.75, 3.05) is 11.9 Å². The van der Waals surface area contributed by atoms with E-state index in [1.54, 1.807) is 19.9 Å². The van der Waals surface area contributed by atoms with Gasteiger partial charge in [0.25, 0.3) is 0 Å². The summed E-state index contributed by atoms with van der Waals surface area (Å²) in [6.07, 6.45) is 6.49. The van der Waals surface area contributed by atoms with Crippen molar-refractivity contribution < 1.29 is 14.3 Å². The summed E-state index contributed by atoms with van der Waals surface area (Å²) in [5.74, 6) is 3.19. The van der Waals surface area contributed by atoms with Gasteiger partial charge in [-0.1, -0.05) is 13.8 Å². The molecule has 2 fully saturated rings. The first kappa shape index (κ1) is 23.9. The zero-order valence-corrected chi connectivity index (χ0v) is 20.3. The summed E-state index contributed by atoms with van der Waals surface area (Å²) in [5, 5.41) is 21.8. The molecule has 7 heteroatoms. The van der Waals surface area contributed by atoms with Gasteiger partial charge in [-0.15, -0.1) is 10.2 Å². The van der Waals surface area contributed by atoms with Crippen LogP contribution in [0.5, 0.6) is 0 Å². The monoisotopic (exact) mass is 456 g/mol. The number of carbonyl (C=O) groups is 1. The molecule has 1 heterocycles. The molecule has 1 aromatic heterocycles. The zero-order valence-electron chi connectivity index (χ0n) is 20.3. The van der Waals surface area contributed by atoms with Gasteiger partial charge >= 0.3 is 0 Å². The van der Waals surface area contributed by atoms with Gasteiger partial charge in [0.05, 0.1) is 0 Å². The number of aliphatic hydroxyl groups is 1. The molecular formula is C26H37FN4O2. The molecule has 0 bridgehead atoms. The highest BCUT2D eigenvalue weighted by Gasteiger charge is 2.39. The van der Waals surface area contributed by atoms with Crippen LogP contribution in [0.3, 0.4) is 0 Å². The number of halogens is 1. The van der Waals surface area contributed by atoms with Crippen LogP contribution in [-0.4, -0.2) is 32.4 Å². The molecule has 2 aliphatic rings. The maximum Gasteiger partial charge on any atom is 0.225 e. The topological polar surface area (TPSA) is 80.0 Å². The van der Waals surface area contributed by atoms with Crippen molar-refractivity contribution in [1.29, 1.82) is 0 Å². The number of benzene rings is 1. The lowest BCUT2D eigenvalue weighted by molar-refractivity contribution is -0.116. The Morgan fingerprint density at radius 2 is 1.94 bits per heavy atom. The van der Waals surface area contributed by atoms with Gasteiger partial charge in [0.15, 0.2) is 0 Å². The number of nitrogens with one attached hydrogen (secondary N) is 1. The van der Waals surface area contributed by atoms with Crippen molar-refractivity contribution in [2.24, 2.45) is 11.8 Å². The van der Waals surface area contributed by atoms with E-state index in [1.165, 1.54) is 12.5 Å². The van der Waals surface area contributed by atoms with Crippen LogP contribution in [0.4, 0.5) is 10.1 Å². The maximum absolute atomic E-state index is 13.8. The molecule has 2 N–H and O–H groups in total. The molecule has 180 valence electrons. The minimum absolute atomic E-state index is 0.0145. The molecule has 1 amide bonds. The Kier molecular flexibility index (Phi) is 7.17. The molecule has 4 rings (SSSR count). The van der Waals surface area contributed by atoms with Gasteiger partial charge in [-0.2, -0.15) is 0 Å². The van der Waals surface area contributed by atoms with Crippen LogP contribution in [0.1, 0.15) is 99.4 Å². The lowest BCUT2D eigenvalue weighted by atomic mass is 9.71. The second-order valence-electron chi connectivity index (χ2n) is 10.5. The van der Waals surface area contributed by atoms with Crippen molar-refractivity contribution in [3.63, 3.8) is 0 Å². The number of nitrogens with zero attached hydrogens (tertiary/aromatic N) is 3. The van der Waals surface area contributed by atoms with E-state index in [4.69, 9.17) is 0 Å². The van der Waals surface area contributed by atoms with Crippen molar-refractivity contribution in [3.8, 4) is 0 Å². The van der Waals surface area contributed by atoms with E-state index < -0.39 is 0 Å². The predicted octanol–water partition coefficient (Wildman–Crippen LogP) is 5.40. The second-order valence-corrected chi connectivity index (χ2v) is 10.5. The van der Waals surface area contributed by atoms with E-state index in [2.05, 4.69) is 33.9 Å². The van der Waals surface area contributed by atoms with E-state index in [1.807, 2.05) is 0 Å². The summed E-state index contributed by atoms with van der Waals surface area (Å²) in [4.78, 5) is 12.9. The first-order chi connectivity index (χ1) is 15.8. The van der Waals surface area contributed by atoms with Gasteiger partial charge in [-0.25, -0.2) is 4.39 Å². The lowest BCUT2D eigenvalue weighted by Crippen LogP contribution is -2.26. The molecule has 0 radical (unpaired) electrons. The van der Waals surface area contributed by atoms with Gasteiger partial charge in [-0.3, -0.25) is 4.79 Å². The number of aliphatic hydroxyl groups excluding tert-OH is 1. The number of rotatable bonds is 10. The summed E-state index contributed by atoms with van der Waals surface area (Å²) in [5.41, 5.74) is 1.89. The highest BCUT2D eigenvalue weighted by molar-refractivity contribution is 5.92. The van der Waals surface area contributed by atoms with Crippen LogP contribution in [0.2, 0.25) is 0 Å². The van der Waals surface area contributed by atoms with E-state index in [0.717, 1.165) is 48.8 Å². The lowest BCUT2D eigenvalue weighted by Gasteiger charge is -2.36. The number of carbonyl (C=O) groups excluding carboxylic acids is 1. The van der Waals surface area contributed by atoms with Crippen LogP contribution in [0, 0.1) is 31.5 Å². The number of amides is 1. The summed E-state index contributed by atoms with van der Waals surface area (Å²) < 4.78 is 16.1. The van der Waals surface area contributed by atoms with Crippen molar-refractivity contribution in [3.05, 3.63) is 40.7 Å². The molecule has 0 aliphatic heterocycles. The summed E-state index contributed by atoms with van der Waals surface area (Å²) in [6.45, 7) is 8.05. The van der Waals surface area contributed by atoms with Crippen LogP contribution in [0.25, 0.3) is 0 Å². The molecule has 2 aromatic rings. The average Bonchev–Trinajstić information content (AvgIpc) is 3.49. The minimum Gasteiger partial charge on any atom is -0.396 e. The molecule has 2 aliphatic carbocycles. The smallest absolute Gasteiger partial charge is 0.225 e. The van der Waals surface area contributed by atoms with Gasteiger partial charge in [0, 0.05) is 36.6 Å². The standard InChI is InChI=1S/C26H37FN4O2/c1-15(2)11-18-12-20(13-18)26-30-29-25(31(26)21-5-6-21)19(9-10-32)14-24(33)28-23-8-7-22(27)16(3)17(23)4/h7-8,15,18-21,32H,5-6,9-14H2,1-4H3,(H,28,33)/t18?,19-,20?/m0/s1. The third-order valence-corrected chi connectivity index (χ3v) is 7.34. The number of hydrogen-bond donors (Lipinski definition) is 2. The molecule has 33 heavy (non-hydrogen) atoms. The third kappa shape index (κ3) is 5.29. The summed E-state index contributed by atoms with van der Waals surface area (Å²) >= 11 is 0. The average molecular weight is 457 g/mol. The predicted molar refractivity (Wildman–Crippen MR) is 127 cm³/mol. The minimum atomic E-state index is -0.277. The normalized spacial score (nSPS) is 21.2. The Morgan fingerprint density at radius 3 is 2.58 bits per heavy atom. The largest absolute Gasteiger partial charge is 0.396 e. The molecule has 0 unspecified atom stereocenters. The van der Waals surface area contributed by atoms with Crippen LogP contribution < -0.4 is 5.32 Å². The summed E-state index contributed by atoms with van der Waals surface area (Å²) in [6, 6.07) is 3.40. The molecule has 1 atom stereocenters. The molecule has 6 nitrogen and oxygen atoms in total. The Balaban J connectivity index is 1.49. The fraction of sp³-hybridized carbons (Fsp3) is 0.654. The van der Waals surface area contributed by atoms with Gasteiger partial charge in [-0.05, 0) is 87.5 Å². The second kappa shape index (κ2) is 9.92. The fourth-order valence-electron chi connectivity index (χ4n) is 5.21. The Hall–Kier alpha value is -2.28. The maximum atomic E-state index is 13.8. The SMILES string of the molecule is Cc1c(F)ccc(NC(=O)C[C@H](CCO)c2nnc(C3CC(CC(C)C)C3)n2C2CC2)c1C. The Labute approximate surface area is 196 Å². The molecule has 0 saturated heterocycles. The van der Waals surface area contributed by atoms with Gasteiger partial charge in [0.2, 0.25) is 5.91 Å². The van der Waals surface area contributed by atoms with Gasteiger partial charge in [0.1, 0.15) is 17.5 Å². The highest BCUT2D eigenvalue weighted by atomic mass is 19.1. The first-order valence-corrected chi connectivity index (χ1v) is 12.4. The molecular weight excluding hydrogens is 419 g/mol. The zero-order chi connectivity index (χ0) is 23.7. The molecule has 1 aromatic carbocycles. The first-order valence-electron chi connectivity index (χ1n) is 12.4. The Bertz CT molecular complexity index is 992. The van der Waals surface area contributed by atoms with Crippen LogP contribution >= 0.6 is 0 Å². The number of aromatic nitrogens is 3. The van der Waals surface area contributed by atoms with Crippen LogP contribution in [0.15, 0.2) is 12.1 Å². The van der Waals surface area contributed by atoms with E-state index in [0.29, 0.717) is 35.5 Å². The van der Waals surface area contributed by atoms with E-state index in [-0.39, 0.29) is 30.7 Å². The van der Waals surface area contributed by atoms with Crippen molar-refractivity contribution >= 4 is 11.6 Å². The van der Waals surface area contributed by atoms with Gasteiger partial charge < -0.3 is 15.0 Å². The fourth-order valence-corrected chi connectivity index (χ4v) is 5.21. The van der Waals surface area contributed by atoms with Crippen molar-refractivity contribution in [1.82, 2.24) is 14.8 Å². The number of anilines is 1. The van der Waals surface area contributed by atoms with Crippen LogP contribution in [-0.2, 0) is 4.79 Å². The Morgan fingerprint density at radius 1 is 1.21 bits per heavy atom. The quantitative estimate of drug-likeness (QED) is 0.501. The molecule has 2 saturated carbocycles.